The van der Waals surface area contributed by atoms with Crippen molar-refractivity contribution in [3.05, 3.63) is 33.6 Å². The third-order valence-electron chi connectivity index (χ3n) is 2.19. The largest absolute Gasteiger partial charge is 0.479 e. The molecule has 1 rings (SSSR count). The minimum atomic E-state index is -2.06. The number of nitrogens with zero attached hydrogens (tertiary/aromatic N) is 2. The van der Waals surface area contributed by atoms with Gasteiger partial charge >= 0.3 is 5.97 Å². The highest BCUT2D eigenvalue weighted by molar-refractivity contribution is 5.73. The van der Waals surface area contributed by atoms with Gasteiger partial charge in [-0.1, -0.05) is 0 Å². The van der Waals surface area contributed by atoms with Crippen molar-refractivity contribution in [3.8, 4) is 0 Å². The van der Waals surface area contributed by atoms with E-state index in [2.05, 4.69) is 4.98 Å². The van der Waals surface area contributed by atoms with Crippen molar-refractivity contribution in [1.29, 1.82) is 0 Å². The fourth-order valence-electron chi connectivity index (χ4n) is 1.24. The van der Waals surface area contributed by atoms with Gasteiger partial charge in [0.1, 0.15) is 12.3 Å². The fraction of sp³-hybridized carbons (Fsp3) is 0.333. The van der Waals surface area contributed by atoms with E-state index in [0.29, 0.717) is 0 Å². The van der Waals surface area contributed by atoms with Crippen LogP contribution < -0.4 is 0 Å². The molecule has 0 aromatic carbocycles. The number of aromatic nitrogens is 1. The van der Waals surface area contributed by atoms with Crippen LogP contribution >= 0.6 is 0 Å². The average Bonchev–Trinajstić information content (AvgIpc) is 2.27. The summed E-state index contributed by atoms with van der Waals surface area (Å²) in [6, 6.07) is 0.985. The standard InChI is InChI=1S/C9H10N2O6/c1-4-6(7(12)8(13)9(14)15)2-5(3-10-4)11(16)17/h2-3,7-8,12-13H,1H3,(H,14,15). The first-order chi connectivity index (χ1) is 7.84. The minimum Gasteiger partial charge on any atom is -0.479 e. The van der Waals surface area contributed by atoms with Gasteiger partial charge in [0.15, 0.2) is 6.10 Å². The molecule has 0 aliphatic carbocycles. The second-order valence-electron chi connectivity index (χ2n) is 3.35. The Bertz CT molecular complexity index is 461. The number of nitro groups is 1. The Morgan fingerprint density at radius 2 is 2.12 bits per heavy atom. The van der Waals surface area contributed by atoms with Crippen molar-refractivity contribution >= 4 is 11.7 Å². The topological polar surface area (TPSA) is 134 Å². The molecule has 92 valence electrons. The summed E-state index contributed by atoms with van der Waals surface area (Å²) in [7, 11) is 0. The van der Waals surface area contributed by atoms with Crippen LogP contribution in [0.1, 0.15) is 17.4 Å². The monoisotopic (exact) mass is 242 g/mol. The lowest BCUT2D eigenvalue weighted by molar-refractivity contribution is -0.385. The van der Waals surface area contributed by atoms with Crippen molar-refractivity contribution < 1.29 is 25.0 Å². The molecule has 17 heavy (non-hydrogen) atoms. The molecule has 0 bridgehead atoms. The third kappa shape index (κ3) is 2.74. The molecule has 0 aliphatic rings. The third-order valence-corrected chi connectivity index (χ3v) is 2.19. The minimum absolute atomic E-state index is 0.0888. The maximum absolute atomic E-state index is 10.5. The van der Waals surface area contributed by atoms with E-state index in [4.69, 9.17) is 10.2 Å². The van der Waals surface area contributed by atoms with Crippen LogP contribution in [-0.4, -0.2) is 37.3 Å². The molecule has 2 unspecified atom stereocenters. The SMILES string of the molecule is Cc1ncc([N+](=O)[O-])cc1C(O)C(O)C(=O)O. The summed E-state index contributed by atoms with van der Waals surface area (Å²) >= 11 is 0. The number of aryl methyl sites for hydroxylation is 1. The Morgan fingerprint density at radius 3 is 2.59 bits per heavy atom. The average molecular weight is 242 g/mol. The Morgan fingerprint density at radius 1 is 1.53 bits per heavy atom. The molecule has 1 heterocycles. The van der Waals surface area contributed by atoms with Crippen molar-refractivity contribution in [2.24, 2.45) is 0 Å². The number of hydrogen-bond donors (Lipinski definition) is 3. The zero-order valence-corrected chi connectivity index (χ0v) is 8.77. The lowest BCUT2D eigenvalue weighted by atomic mass is 10.0. The number of carboxylic acid groups (broad SMARTS) is 1. The van der Waals surface area contributed by atoms with Gasteiger partial charge in [-0.3, -0.25) is 15.1 Å². The van der Waals surface area contributed by atoms with Crippen LogP contribution in [0.5, 0.6) is 0 Å². The zero-order valence-electron chi connectivity index (χ0n) is 8.77. The molecule has 1 aromatic heterocycles. The van der Waals surface area contributed by atoms with E-state index < -0.39 is 23.1 Å². The van der Waals surface area contributed by atoms with Gasteiger partial charge in [-0.25, -0.2) is 4.79 Å². The van der Waals surface area contributed by atoms with E-state index >= 15 is 0 Å². The molecule has 8 heteroatoms. The summed E-state index contributed by atoms with van der Waals surface area (Å²) in [4.78, 5) is 23.9. The second kappa shape index (κ2) is 4.85. The predicted molar refractivity (Wildman–Crippen MR) is 54.2 cm³/mol. The number of aliphatic carboxylic acids is 1. The first-order valence-electron chi connectivity index (χ1n) is 4.54. The maximum Gasteiger partial charge on any atom is 0.335 e. The highest BCUT2D eigenvalue weighted by atomic mass is 16.6. The van der Waals surface area contributed by atoms with Crippen molar-refractivity contribution in [2.75, 3.05) is 0 Å². The van der Waals surface area contributed by atoms with Gasteiger partial charge in [0.25, 0.3) is 5.69 Å². The van der Waals surface area contributed by atoms with E-state index in [0.717, 1.165) is 12.3 Å². The molecule has 0 radical (unpaired) electrons. The smallest absolute Gasteiger partial charge is 0.335 e. The lowest BCUT2D eigenvalue weighted by Crippen LogP contribution is -2.28. The summed E-state index contributed by atoms with van der Waals surface area (Å²) in [5.41, 5.74) is -0.264. The number of carboxylic acids is 1. The normalized spacial score (nSPS) is 14.1. The molecular weight excluding hydrogens is 232 g/mol. The Hall–Kier alpha value is -2.06. The van der Waals surface area contributed by atoms with Crippen molar-refractivity contribution in [2.45, 2.75) is 19.1 Å². The van der Waals surface area contributed by atoms with Gasteiger partial charge in [-0.15, -0.1) is 0 Å². The number of aliphatic hydroxyl groups is 2. The second-order valence-corrected chi connectivity index (χ2v) is 3.35. The van der Waals surface area contributed by atoms with Crippen LogP contribution in [0.15, 0.2) is 12.3 Å². The molecule has 0 saturated heterocycles. The first-order valence-corrected chi connectivity index (χ1v) is 4.54. The van der Waals surface area contributed by atoms with Gasteiger partial charge < -0.3 is 15.3 Å². The van der Waals surface area contributed by atoms with Crippen LogP contribution in [0.4, 0.5) is 5.69 Å². The maximum atomic E-state index is 10.5. The van der Waals surface area contributed by atoms with Crippen LogP contribution in [0, 0.1) is 17.0 Å². The molecule has 0 spiro atoms. The summed E-state index contributed by atoms with van der Waals surface area (Å²) in [6.45, 7) is 1.44. The summed E-state index contributed by atoms with van der Waals surface area (Å²) in [5, 5.41) is 37.7. The van der Waals surface area contributed by atoms with Crippen LogP contribution in [0.3, 0.4) is 0 Å². The fourth-order valence-corrected chi connectivity index (χ4v) is 1.24. The molecule has 1 aromatic rings. The number of pyridine rings is 1. The Balaban J connectivity index is 3.16. The van der Waals surface area contributed by atoms with Crippen molar-refractivity contribution in [3.63, 3.8) is 0 Å². The first kappa shape index (κ1) is 13.0. The molecule has 0 amide bonds. The summed E-state index contributed by atoms with van der Waals surface area (Å²) in [5.74, 6) is -1.62. The lowest BCUT2D eigenvalue weighted by Gasteiger charge is -2.15. The molecule has 0 fully saturated rings. The summed E-state index contributed by atoms with van der Waals surface area (Å²) < 4.78 is 0. The highest BCUT2D eigenvalue weighted by Crippen LogP contribution is 2.23. The van der Waals surface area contributed by atoms with Gasteiger partial charge in [0, 0.05) is 17.3 Å². The van der Waals surface area contributed by atoms with Gasteiger partial charge in [0.05, 0.1) is 4.92 Å². The van der Waals surface area contributed by atoms with E-state index in [1.54, 1.807) is 0 Å². The number of carbonyl (C=O) groups is 1. The van der Waals surface area contributed by atoms with Gasteiger partial charge in [-0.2, -0.15) is 0 Å². The van der Waals surface area contributed by atoms with E-state index in [1.807, 2.05) is 0 Å². The molecular formula is C9H10N2O6. The molecule has 3 N–H and O–H groups in total. The Kier molecular flexibility index (Phi) is 3.71. The van der Waals surface area contributed by atoms with Crippen LogP contribution in [0.25, 0.3) is 0 Å². The van der Waals surface area contributed by atoms with E-state index in [9.17, 15) is 20.0 Å². The molecule has 0 saturated carbocycles. The number of rotatable bonds is 4. The van der Waals surface area contributed by atoms with Gasteiger partial charge in [-0.05, 0) is 6.92 Å². The van der Waals surface area contributed by atoms with Crippen LogP contribution in [-0.2, 0) is 4.79 Å². The zero-order chi connectivity index (χ0) is 13.2. The summed E-state index contributed by atoms with van der Waals surface area (Å²) in [6.07, 6.45) is -2.84. The molecule has 8 nitrogen and oxygen atoms in total. The predicted octanol–water partition coefficient (Wildman–Crippen LogP) is -0.223. The quantitative estimate of drug-likeness (QED) is 0.490. The number of aliphatic hydroxyl groups excluding tert-OH is 2. The van der Waals surface area contributed by atoms with Crippen molar-refractivity contribution in [1.82, 2.24) is 4.98 Å². The molecule has 2 atom stereocenters. The Labute approximate surface area is 95.3 Å². The number of hydrogen-bond acceptors (Lipinski definition) is 6. The van der Waals surface area contributed by atoms with E-state index in [1.165, 1.54) is 6.92 Å². The van der Waals surface area contributed by atoms with E-state index in [-0.39, 0.29) is 16.9 Å². The van der Waals surface area contributed by atoms with Gasteiger partial charge in [0.2, 0.25) is 0 Å². The highest BCUT2D eigenvalue weighted by Gasteiger charge is 2.28. The molecule has 0 aliphatic heterocycles. The van der Waals surface area contributed by atoms with Crippen LogP contribution in [0.2, 0.25) is 0 Å².